The predicted molar refractivity (Wildman–Crippen MR) is 80.6 cm³/mol. The largest absolute Gasteiger partial charge is 0.391 e. The highest BCUT2D eigenvalue weighted by molar-refractivity contribution is 5.77. The number of carbonyl (C=O) groups excluding carboxylic acids is 1. The molecule has 1 atom stereocenters. The second-order valence-corrected chi connectivity index (χ2v) is 6.45. The second-order valence-electron chi connectivity index (χ2n) is 6.45. The summed E-state index contributed by atoms with van der Waals surface area (Å²) in [5.74, 6) is -1.19. The van der Waals surface area contributed by atoms with Crippen LogP contribution in [-0.2, 0) is 4.79 Å². The van der Waals surface area contributed by atoms with Crippen molar-refractivity contribution in [2.45, 2.75) is 62.8 Å². The lowest BCUT2D eigenvalue weighted by Crippen LogP contribution is -2.40. The van der Waals surface area contributed by atoms with Crippen LogP contribution in [0.5, 0.6) is 0 Å². The SMILES string of the molecule is O=C(CC1(O)CCCCC1)NC(CC(F)(F)F)c1ccc(F)cc1. The van der Waals surface area contributed by atoms with E-state index in [2.05, 4.69) is 5.32 Å². The number of amides is 1. The number of halogens is 4. The van der Waals surface area contributed by atoms with Crippen molar-refractivity contribution < 1.29 is 27.5 Å². The third-order valence-electron chi connectivity index (χ3n) is 4.32. The third-order valence-corrected chi connectivity index (χ3v) is 4.32. The van der Waals surface area contributed by atoms with Gasteiger partial charge in [-0.05, 0) is 30.5 Å². The van der Waals surface area contributed by atoms with Gasteiger partial charge in [0.2, 0.25) is 5.91 Å². The van der Waals surface area contributed by atoms with Gasteiger partial charge in [0.1, 0.15) is 5.82 Å². The summed E-state index contributed by atoms with van der Waals surface area (Å²) in [7, 11) is 0. The fraction of sp³-hybridized carbons (Fsp3) is 0.588. The number of alkyl halides is 3. The summed E-state index contributed by atoms with van der Waals surface area (Å²) in [6, 6.07) is 3.26. The van der Waals surface area contributed by atoms with Crippen LogP contribution in [0.1, 0.15) is 56.6 Å². The molecular formula is C17H21F4NO2. The van der Waals surface area contributed by atoms with Gasteiger partial charge in [-0.25, -0.2) is 4.39 Å². The zero-order valence-corrected chi connectivity index (χ0v) is 13.2. The molecule has 0 spiro atoms. The molecular weight excluding hydrogens is 326 g/mol. The molecule has 2 rings (SSSR count). The van der Waals surface area contributed by atoms with Crippen LogP contribution < -0.4 is 5.32 Å². The lowest BCUT2D eigenvalue weighted by atomic mass is 9.82. The lowest BCUT2D eigenvalue weighted by Gasteiger charge is -2.32. The van der Waals surface area contributed by atoms with E-state index in [-0.39, 0.29) is 12.0 Å². The van der Waals surface area contributed by atoms with Crippen LogP contribution in [0.15, 0.2) is 24.3 Å². The van der Waals surface area contributed by atoms with Crippen molar-refractivity contribution in [2.24, 2.45) is 0 Å². The molecule has 1 aliphatic rings. The fourth-order valence-electron chi connectivity index (χ4n) is 3.11. The van der Waals surface area contributed by atoms with Gasteiger partial charge in [-0.2, -0.15) is 13.2 Å². The van der Waals surface area contributed by atoms with Gasteiger partial charge in [0, 0.05) is 0 Å². The minimum Gasteiger partial charge on any atom is -0.389 e. The molecule has 0 radical (unpaired) electrons. The van der Waals surface area contributed by atoms with Gasteiger partial charge in [-0.15, -0.1) is 0 Å². The highest BCUT2D eigenvalue weighted by Crippen LogP contribution is 2.33. The van der Waals surface area contributed by atoms with E-state index in [0.29, 0.717) is 12.8 Å². The van der Waals surface area contributed by atoms with Crippen LogP contribution >= 0.6 is 0 Å². The summed E-state index contributed by atoms with van der Waals surface area (Å²) < 4.78 is 51.3. The van der Waals surface area contributed by atoms with Crippen LogP contribution in [0.3, 0.4) is 0 Å². The molecule has 0 aromatic heterocycles. The quantitative estimate of drug-likeness (QED) is 0.791. The van der Waals surface area contributed by atoms with E-state index in [1.807, 2.05) is 0 Å². The van der Waals surface area contributed by atoms with Gasteiger partial charge in [-0.3, -0.25) is 4.79 Å². The van der Waals surface area contributed by atoms with Gasteiger partial charge in [-0.1, -0.05) is 31.4 Å². The summed E-state index contributed by atoms with van der Waals surface area (Å²) in [6.07, 6.45) is -2.42. The maximum absolute atomic E-state index is 13.0. The Morgan fingerprint density at radius 2 is 1.75 bits per heavy atom. The molecule has 1 aliphatic carbocycles. The molecule has 1 fully saturated rings. The highest BCUT2D eigenvalue weighted by atomic mass is 19.4. The first kappa shape index (κ1) is 18.7. The smallest absolute Gasteiger partial charge is 0.389 e. The van der Waals surface area contributed by atoms with E-state index in [4.69, 9.17) is 0 Å². The molecule has 0 saturated heterocycles. The molecule has 24 heavy (non-hydrogen) atoms. The van der Waals surface area contributed by atoms with Crippen LogP contribution in [0.25, 0.3) is 0 Å². The molecule has 1 aromatic rings. The van der Waals surface area contributed by atoms with Crippen molar-refractivity contribution in [3.8, 4) is 0 Å². The Kier molecular flexibility index (Phi) is 5.85. The Hall–Kier alpha value is -1.63. The topological polar surface area (TPSA) is 49.3 Å². The Balaban J connectivity index is 2.06. The maximum atomic E-state index is 13.0. The van der Waals surface area contributed by atoms with E-state index in [9.17, 15) is 27.5 Å². The molecule has 1 aromatic carbocycles. The molecule has 1 amide bonds. The average molecular weight is 347 g/mol. The number of aliphatic hydroxyl groups is 1. The number of rotatable bonds is 5. The Labute approximate surface area is 138 Å². The third kappa shape index (κ3) is 5.78. The minimum absolute atomic E-state index is 0.178. The fourth-order valence-corrected chi connectivity index (χ4v) is 3.11. The zero-order valence-electron chi connectivity index (χ0n) is 13.2. The summed E-state index contributed by atoms with van der Waals surface area (Å²) in [6.45, 7) is 0. The van der Waals surface area contributed by atoms with Crippen molar-refractivity contribution in [1.29, 1.82) is 0 Å². The number of hydrogen-bond acceptors (Lipinski definition) is 2. The molecule has 3 nitrogen and oxygen atoms in total. The first-order chi connectivity index (χ1) is 11.2. The Morgan fingerprint density at radius 1 is 1.17 bits per heavy atom. The second kappa shape index (κ2) is 7.51. The molecule has 1 saturated carbocycles. The van der Waals surface area contributed by atoms with E-state index in [0.717, 1.165) is 31.4 Å². The van der Waals surface area contributed by atoms with E-state index in [1.165, 1.54) is 12.1 Å². The molecule has 0 heterocycles. The highest BCUT2D eigenvalue weighted by Gasteiger charge is 2.36. The molecule has 7 heteroatoms. The summed E-state index contributed by atoms with van der Waals surface area (Å²) >= 11 is 0. The molecule has 0 bridgehead atoms. The molecule has 1 unspecified atom stereocenters. The Bertz CT molecular complexity index is 551. The van der Waals surface area contributed by atoms with Crippen LogP contribution in [0, 0.1) is 5.82 Å². The molecule has 134 valence electrons. The standard InChI is InChI=1S/C17H21F4NO2/c18-13-6-4-12(5-7-13)14(10-17(19,20)21)22-15(23)11-16(24)8-2-1-3-9-16/h4-7,14,24H,1-3,8-11H2,(H,22,23). The van der Waals surface area contributed by atoms with Gasteiger partial charge >= 0.3 is 6.18 Å². The van der Waals surface area contributed by atoms with Crippen LogP contribution in [0.4, 0.5) is 17.6 Å². The Morgan fingerprint density at radius 3 is 2.29 bits per heavy atom. The van der Waals surface area contributed by atoms with Gasteiger partial charge < -0.3 is 10.4 Å². The van der Waals surface area contributed by atoms with E-state index >= 15 is 0 Å². The van der Waals surface area contributed by atoms with Crippen LogP contribution in [-0.4, -0.2) is 22.8 Å². The molecule has 0 aliphatic heterocycles. The van der Waals surface area contributed by atoms with Crippen molar-refractivity contribution in [3.63, 3.8) is 0 Å². The summed E-state index contributed by atoms with van der Waals surface area (Å²) in [5.41, 5.74) is -0.966. The first-order valence-electron chi connectivity index (χ1n) is 8.01. The van der Waals surface area contributed by atoms with Gasteiger partial charge in [0.25, 0.3) is 0 Å². The molecule has 2 N–H and O–H groups in total. The van der Waals surface area contributed by atoms with E-state index in [1.54, 1.807) is 0 Å². The number of carbonyl (C=O) groups is 1. The van der Waals surface area contributed by atoms with Crippen LogP contribution in [0.2, 0.25) is 0 Å². The monoisotopic (exact) mass is 347 g/mol. The predicted octanol–water partition coefficient (Wildman–Crippen LogP) is 4.02. The number of hydrogen-bond donors (Lipinski definition) is 2. The van der Waals surface area contributed by atoms with E-state index < -0.39 is 36.0 Å². The van der Waals surface area contributed by atoms with Crippen molar-refractivity contribution in [1.82, 2.24) is 5.32 Å². The van der Waals surface area contributed by atoms with Gasteiger partial charge in [0.05, 0.1) is 24.5 Å². The summed E-state index contributed by atoms with van der Waals surface area (Å²) in [4.78, 5) is 12.1. The normalized spacial score (nSPS) is 18.9. The van der Waals surface area contributed by atoms with Gasteiger partial charge in [0.15, 0.2) is 0 Å². The summed E-state index contributed by atoms with van der Waals surface area (Å²) in [5, 5.41) is 12.7. The number of benzene rings is 1. The number of nitrogens with one attached hydrogen (secondary N) is 1. The lowest BCUT2D eigenvalue weighted by molar-refractivity contribution is -0.144. The van der Waals surface area contributed by atoms with Crippen molar-refractivity contribution in [3.05, 3.63) is 35.6 Å². The van der Waals surface area contributed by atoms with Crippen molar-refractivity contribution in [2.75, 3.05) is 0 Å². The average Bonchev–Trinajstić information content (AvgIpc) is 2.46. The first-order valence-corrected chi connectivity index (χ1v) is 8.01. The minimum atomic E-state index is -4.48. The maximum Gasteiger partial charge on any atom is 0.391 e. The van der Waals surface area contributed by atoms with Crippen molar-refractivity contribution >= 4 is 5.91 Å². The zero-order chi connectivity index (χ0) is 17.8.